The summed E-state index contributed by atoms with van der Waals surface area (Å²) in [7, 11) is 1.69. The van der Waals surface area contributed by atoms with Gasteiger partial charge in [-0.3, -0.25) is 0 Å². The van der Waals surface area contributed by atoms with Crippen molar-refractivity contribution in [2.45, 2.75) is 64.6 Å². The normalized spacial score (nSPS) is 21.6. The summed E-state index contributed by atoms with van der Waals surface area (Å²) in [6, 6.07) is 0.452. The van der Waals surface area contributed by atoms with E-state index < -0.39 is 5.60 Å². The van der Waals surface area contributed by atoms with Crippen LogP contribution in [-0.4, -0.2) is 55.5 Å². The van der Waals surface area contributed by atoms with E-state index in [-0.39, 0.29) is 18.2 Å². The first-order valence-corrected chi connectivity index (χ1v) is 7.57. The molecular weight excluding hydrogens is 256 g/mol. The molecule has 2 unspecified atom stereocenters. The molecule has 0 aromatic carbocycles. The number of carbonyl (C=O) groups is 1. The van der Waals surface area contributed by atoms with Crippen molar-refractivity contribution in [3.8, 4) is 0 Å². The molecular formula is C15H30N2O3. The summed E-state index contributed by atoms with van der Waals surface area (Å²) in [5.41, 5.74) is -0.439. The molecule has 1 aliphatic rings. The highest BCUT2D eigenvalue weighted by molar-refractivity contribution is 5.68. The fourth-order valence-electron chi connectivity index (χ4n) is 2.55. The Morgan fingerprint density at radius 1 is 1.40 bits per heavy atom. The van der Waals surface area contributed by atoms with Crippen LogP contribution in [0.5, 0.6) is 0 Å². The monoisotopic (exact) mass is 286 g/mol. The molecule has 5 heteroatoms. The van der Waals surface area contributed by atoms with E-state index in [1.54, 1.807) is 7.11 Å². The van der Waals surface area contributed by atoms with Gasteiger partial charge in [-0.1, -0.05) is 0 Å². The number of nitrogens with one attached hydrogen (secondary N) is 1. The van der Waals surface area contributed by atoms with Crippen molar-refractivity contribution in [1.82, 2.24) is 10.2 Å². The molecule has 118 valence electrons. The lowest BCUT2D eigenvalue weighted by Gasteiger charge is -2.40. The van der Waals surface area contributed by atoms with Gasteiger partial charge in [0.25, 0.3) is 0 Å². The Balaban J connectivity index is 2.59. The van der Waals surface area contributed by atoms with Crippen LogP contribution in [0.1, 0.15) is 47.0 Å². The van der Waals surface area contributed by atoms with Crippen LogP contribution in [0.3, 0.4) is 0 Å². The zero-order valence-electron chi connectivity index (χ0n) is 13.6. The molecule has 0 aliphatic carbocycles. The highest BCUT2D eigenvalue weighted by Crippen LogP contribution is 2.22. The zero-order chi connectivity index (χ0) is 15.2. The molecule has 0 aromatic rings. The average Bonchev–Trinajstić information content (AvgIpc) is 2.37. The van der Waals surface area contributed by atoms with E-state index in [0.29, 0.717) is 6.61 Å². The van der Waals surface area contributed by atoms with E-state index in [2.05, 4.69) is 12.2 Å². The standard InChI is InChI=1S/C15H30N2O3/c1-12(16-9-11-19-5)13-8-6-7-10-17(13)14(18)20-15(2,3)4/h12-13,16H,6-11H2,1-5H3. The lowest BCUT2D eigenvalue weighted by atomic mass is 9.97. The van der Waals surface area contributed by atoms with E-state index in [1.165, 1.54) is 6.42 Å². The maximum Gasteiger partial charge on any atom is 0.410 e. The fraction of sp³-hybridized carbons (Fsp3) is 0.933. The molecule has 1 saturated heterocycles. The Kier molecular flexibility index (Phi) is 6.76. The Hall–Kier alpha value is -0.810. The number of piperidine rings is 1. The molecule has 1 aliphatic heterocycles. The Morgan fingerprint density at radius 3 is 2.70 bits per heavy atom. The van der Waals surface area contributed by atoms with E-state index in [0.717, 1.165) is 25.9 Å². The summed E-state index contributed by atoms with van der Waals surface area (Å²) in [6.45, 7) is 10.1. The predicted octanol–water partition coefficient (Wildman–Crippen LogP) is 2.40. The lowest BCUT2D eigenvalue weighted by Crippen LogP contribution is -2.54. The minimum absolute atomic E-state index is 0.192. The Morgan fingerprint density at radius 2 is 2.10 bits per heavy atom. The first-order chi connectivity index (χ1) is 9.35. The van der Waals surface area contributed by atoms with Crippen molar-refractivity contribution >= 4 is 6.09 Å². The zero-order valence-corrected chi connectivity index (χ0v) is 13.6. The second kappa shape index (κ2) is 7.84. The smallest absolute Gasteiger partial charge is 0.410 e. The maximum absolute atomic E-state index is 12.3. The Bertz CT molecular complexity index is 302. The molecule has 1 N–H and O–H groups in total. The summed E-state index contributed by atoms with van der Waals surface area (Å²) >= 11 is 0. The van der Waals surface area contributed by atoms with Crippen LogP contribution in [-0.2, 0) is 9.47 Å². The van der Waals surface area contributed by atoms with E-state index in [4.69, 9.17) is 9.47 Å². The van der Waals surface area contributed by atoms with Gasteiger partial charge in [0.1, 0.15) is 5.60 Å². The molecule has 0 radical (unpaired) electrons. The number of nitrogens with zero attached hydrogens (tertiary/aromatic N) is 1. The quantitative estimate of drug-likeness (QED) is 0.789. The molecule has 0 spiro atoms. The molecule has 1 rings (SSSR count). The van der Waals surface area contributed by atoms with E-state index in [9.17, 15) is 4.79 Å². The predicted molar refractivity (Wildman–Crippen MR) is 79.9 cm³/mol. The molecule has 1 heterocycles. The SMILES string of the molecule is COCCNC(C)C1CCCCN1C(=O)OC(C)(C)C. The Labute approximate surface area is 123 Å². The third-order valence-corrected chi connectivity index (χ3v) is 3.53. The maximum atomic E-state index is 12.3. The molecule has 1 fully saturated rings. The highest BCUT2D eigenvalue weighted by atomic mass is 16.6. The molecule has 20 heavy (non-hydrogen) atoms. The van der Waals surface area contributed by atoms with Crippen LogP contribution in [0.2, 0.25) is 0 Å². The number of amides is 1. The first-order valence-electron chi connectivity index (χ1n) is 7.57. The number of rotatable bonds is 5. The summed E-state index contributed by atoms with van der Waals surface area (Å²) in [5, 5.41) is 3.43. The second-order valence-electron chi connectivity index (χ2n) is 6.47. The van der Waals surface area contributed by atoms with Gasteiger partial charge in [-0.25, -0.2) is 4.79 Å². The van der Waals surface area contributed by atoms with E-state index >= 15 is 0 Å². The van der Waals surface area contributed by atoms with Crippen molar-refractivity contribution in [1.29, 1.82) is 0 Å². The molecule has 0 bridgehead atoms. The number of hydrogen-bond donors (Lipinski definition) is 1. The largest absolute Gasteiger partial charge is 0.444 e. The number of carbonyl (C=O) groups excluding carboxylic acids is 1. The molecule has 2 atom stereocenters. The third-order valence-electron chi connectivity index (χ3n) is 3.53. The van der Waals surface area contributed by atoms with Crippen LogP contribution in [0.25, 0.3) is 0 Å². The number of methoxy groups -OCH3 is 1. The van der Waals surface area contributed by atoms with Gasteiger partial charge in [-0.15, -0.1) is 0 Å². The minimum Gasteiger partial charge on any atom is -0.444 e. The molecule has 1 amide bonds. The summed E-state index contributed by atoms with van der Waals surface area (Å²) in [6.07, 6.45) is 3.06. The number of hydrogen-bond acceptors (Lipinski definition) is 4. The topological polar surface area (TPSA) is 50.8 Å². The molecule has 5 nitrogen and oxygen atoms in total. The number of likely N-dealkylation sites (tertiary alicyclic amines) is 1. The van der Waals surface area contributed by atoms with Crippen LogP contribution >= 0.6 is 0 Å². The molecule has 0 saturated carbocycles. The van der Waals surface area contributed by atoms with Gasteiger partial charge >= 0.3 is 6.09 Å². The second-order valence-corrected chi connectivity index (χ2v) is 6.47. The summed E-state index contributed by atoms with van der Waals surface area (Å²) in [5.74, 6) is 0. The van der Waals surface area contributed by atoms with E-state index in [1.807, 2.05) is 25.7 Å². The minimum atomic E-state index is -0.439. The summed E-state index contributed by atoms with van der Waals surface area (Å²) < 4.78 is 10.6. The van der Waals surface area contributed by atoms with Gasteiger partial charge in [-0.2, -0.15) is 0 Å². The van der Waals surface area contributed by atoms with Gasteiger partial charge in [-0.05, 0) is 47.0 Å². The van der Waals surface area contributed by atoms with Crippen LogP contribution in [0.4, 0.5) is 4.79 Å². The van der Waals surface area contributed by atoms with Crippen molar-refractivity contribution in [3.63, 3.8) is 0 Å². The van der Waals surface area contributed by atoms with Gasteiger partial charge in [0.05, 0.1) is 12.6 Å². The van der Waals surface area contributed by atoms with Gasteiger partial charge < -0.3 is 19.7 Å². The van der Waals surface area contributed by atoms with Gasteiger partial charge in [0.2, 0.25) is 0 Å². The highest BCUT2D eigenvalue weighted by Gasteiger charge is 2.33. The lowest BCUT2D eigenvalue weighted by molar-refractivity contribution is 0.00537. The van der Waals surface area contributed by atoms with Crippen molar-refractivity contribution in [2.75, 3.05) is 26.8 Å². The van der Waals surface area contributed by atoms with Crippen molar-refractivity contribution in [2.24, 2.45) is 0 Å². The number of ether oxygens (including phenoxy) is 2. The summed E-state index contributed by atoms with van der Waals surface area (Å²) in [4.78, 5) is 14.2. The van der Waals surface area contributed by atoms with Crippen LogP contribution in [0.15, 0.2) is 0 Å². The fourth-order valence-corrected chi connectivity index (χ4v) is 2.55. The van der Waals surface area contributed by atoms with Crippen molar-refractivity contribution in [3.05, 3.63) is 0 Å². The third kappa shape index (κ3) is 5.67. The van der Waals surface area contributed by atoms with Crippen LogP contribution in [0, 0.1) is 0 Å². The van der Waals surface area contributed by atoms with Gasteiger partial charge in [0, 0.05) is 26.2 Å². The molecule has 0 aromatic heterocycles. The van der Waals surface area contributed by atoms with Crippen LogP contribution < -0.4 is 5.32 Å². The average molecular weight is 286 g/mol. The van der Waals surface area contributed by atoms with Crippen molar-refractivity contribution < 1.29 is 14.3 Å². The van der Waals surface area contributed by atoms with Gasteiger partial charge in [0.15, 0.2) is 0 Å². The first kappa shape index (κ1) is 17.2.